The van der Waals surface area contributed by atoms with E-state index in [2.05, 4.69) is 88.5 Å². The lowest BCUT2D eigenvalue weighted by molar-refractivity contribution is 0.131. The second-order valence-corrected chi connectivity index (χ2v) is 17.0. The van der Waals surface area contributed by atoms with Crippen LogP contribution in [0, 0.1) is 0 Å². The topological polar surface area (TPSA) is 38.7 Å². The summed E-state index contributed by atoms with van der Waals surface area (Å²) < 4.78 is 12.7. The van der Waals surface area contributed by atoms with E-state index >= 15 is 0 Å². The zero-order valence-corrected chi connectivity index (χ0v) is 25.1. The van der Waals surface area contributed by atoms with E-state index in [0.29, 0.717) is 0 Å². The van der Waals surface area contributed by atoms with Gasteiger partial charge in [0.15, 0.2) is 0 Å². The molecule has 0 aliphatic heterocycles. The maximum absolute atomic E-state index is 13.1. The first-order chi connectivity index (χ1) is 19.1. The highest BCUT2D eigenvalue weighted by Crippen LogP contribution is 2.57. The van der Waals surface area contributed by atoms with Crippen molar-refractivity contribution in [1.29, 1.82) is 0 Å². The molecule has 4 heteroatoms. The van der Waals surface area contributed by atoms with Gasteiger partial charge in [0.05, 0.1) is 7.11 Å². The van der Waals surface area contributed by atoms with Crippen LogP contribution in [0.4, 0.5) is 0 Å². The SMILES string of the molecule is COc1ccc2c3c(cc(O[Si](C)(C)C(C)(C)C)c2c1)C(O)(c1ccccc1-c1ccccc1)c1ccccc1-3. The normalized spacial score (nSPS) is 16.5. The van der Waals surface area contributed by atoms with Crippen LogP contribution in [0.25, 0.3) is 33.0 Å². The molecule has 5 aromatic rings. The Kier molecular flexibility index (Phi) is 6.17. The van der Waals surface area contributed by atoms with Gasteiger partial charge < -0.3 is 14.3 Å². The highest BCUT2D eigenvalue weighted by Gasteiger charge is 2.46. The largest absolute Gasteiger partial charge is 0.543 e. The van der Waals surface area contributed by atoms with Gasteiger partial charge in [0.1, 0.15) is 17.1 Å². The molecule has 1 unspecified atom stereocenters. The maximum atomic E-state index is 13.1. The van der Waals surface area contributed by atoms with E-state index in [9.17, 15) is 5.11 Å². The molecule has 5 aromatic carbocycles. The summed E-state index contributed by atoms with van der Waals surface area (Å²) >= 11 is 0. The van der Waals surface area contributed by atoms with Crippen molar-refractivity contribution < 1.29 is 14.3 Å². The van der Waals surface area contributed by atoms with Gasteiger partial charge in [-0.3, -0.25) is 0 Å². The van der Waals surface area contributed by atoms with Gasteiger partial charge >= 0.3 is 0 Å². The van der Waals surface area contributed by atoms with E-state index in [1.165, 1.54) is 0 Å². The van der Waals surface area contributed by atoms with Gasteiger partial charge in [-0.1, -0.05) is 99.6 Å². The lowest BCUT2D eigenvalue weighted by Crippen LogP contribution is -2.44. The number of hydrogen-bond acceptors (Lipinski definition) is 3. The van der Waals surface area contributed by atoms with Crippen LogP contribution in [-0.2, 0) is 5.60 Å². The van der Waals surface area contributed by atoms with E-state index < -0.39 is 13.9 Å². The Bertz CT molecular complexity index is 1730. The summed E-state index contributed by atoms with van der Waals surface area (Å²) in [6.07, 6.45) is 0. The molecule has 1 aliphatic carbocycles. The van der Waals surface area contributed by atoms with Crippen LogP contribution in [-0.4, -0.2) is 20.5 Å². The third-order valence-electron chi connectivity index (χ3n) is 8.86. The van der Waals surface area contributed by atoms with Crippen LogP contribution in [0.5, 0.6) is 11.5 Å². The lowest BCUT2D eigenvalue weighted by Gasteiger charge is -2.37. The summed E-state index contributed by atoms with van der Waals surface area (Å²) in [4.78, 5) is 0. The fourth-order valence-electron chi connectivity index (χ4n) is 5.71. The van der Waals surface area contributed by atoms with Gasteiger partial charge in [0.2, 0.25) is 0 Å². The van der Waals surface area contributed by atoms with Gasteiger partial charge in [-0.25, -0.2) is 0 Å². The third-order valence-corrected chi connectivity index (χ3v) is 13.2. The minimum absolute atomic E-state index is 0.0103. The van der Waals surface area contributed by atoms with Crippen molar-refractivity contribution in [1.82, 2.24) is 0 Å². The number of ether oxygens (including phenoxy) is 1. The van der Waals surface area contributed by atoms with E-state index in [1.807, 2.05) is 48.5 Å². The molecule has 1 atom stereocenters. The molecule has 0 amide bonds. The van der Waals surface area contributed by atoms with Crippen molar-refractivity contribution in [2.24, 2.45) is 0 Å². The molecule has 0 heterocycles. The molecule has 1 aliphatic rings. The fourth-order valence-corrected chi connectivity index (χ4v) is 6.73. The number of benzene rings is 5. The van der Waals surface area contributed by atoms with Gasteiger partial charge in [0.25, 0.3) is 8.32 Å². The van der Waals surface area contributed by atoms with Crippen LogP contribution < -0.4 is 9.16 Å². The molecule has 0 fully saturated rings. The summed E-state index contributed by atoms with van der Waals surface area (Å²) in [7, 11) is -0.523. The summed E-state index contributed by atoms with van der Waals surface area (Å²) in [6, 6.07) is 35.0. The molecule has 0 radical (unpaired) electrons. The summed E-state index contributed by atoms with van der Waals surface area (Å²) in [5.41, 5.74) is 5.39. The van der Waals surface area contributed by atoms with E-state index in [-0.39, 0.29) is 5.04 Å². The van der Waals surface area contributed by atoms with Crippen molar-refractivity contribution in [2.45, 2.75) is 44.5 Å². The Morgan fingerprint density at radius 1 is 0.675 bits per heavy atom. The van der Waals surface area contributed by atoms with Crippen molar-refractivity contribution >= 4 is 19.1 Å². The molecule has 202 valence electrons. The summed E-state index contributed by atoms with van der Waals surface area (Å²) in [5, 5.41) is 15.1. The van der Waals surface area contributed by atoms with Crippen molar-refractivity contribution in [3.05, 3.63) is 120 Å². The first kappa shape index (κ1) is 26.4. The monoisotopic (exact) mass is 544 g/mol. The number of fused-ring (bicyclic) bond motifs is 5. The summed E-state index contributed by atoms with van der Waals surface area (Å²) in [5.74, 6) is 1.58. The molecular formula is C36H36O3Si. The fraction of sp³-hybridized carbons (Fsp3) is 0.222. The first-order valence-electron chi connectivity index (χ1n) is 13.9. The highest BCUT2D eigenvalue weighted by atomic mass is 28.4. The molecule has 1 N–H and O–H groups in total. The molecular weight excluding hydrogens is 508 g/mol. The van der Waals surface area contributed by atoms with Crippen LogP contribution in [0.1, 0.15) is 37.5 Å². The third kappa shape index (κ3) is 3.97. The van der Waals surface area contributed by atoms with Crippen LogP contribution in [0.2, 0.25) is 18.1 Å². The van der Waals surface area contributed by atoms with Crippen molar-refractivity contribution in [3.8, 4) is 33.8 Å². The lowest BCUT2D eigenvalue weighted by atomic mass is 9.80. The second-order valence-electron chi connectivity index (χ2n) is 12.2. The molecule has 0 bridgehead atoms. The quantitative estimate of drug-likeness (QED) is 0.224. The molecule has 0 saturated carbocycles. The zero-order chi connectivity index (χ0) is 28.3. The minimum atomic E-state index is -2.21. The van der Waals surface area contributed by atoms with Crippen molar-refractivity contribution in [2.75, 3.05) is 7.11 Å². The molecule has 3 nitrogen and oxygen atoms in total. The maximum Gasteiger partial charge on any atom is 0.250 e. The Morgan fingerprint density at radius 3 is 1.93 bits per heavy atom. The average Bonchev–Trinajstić information content (AvgIpc) is 3.21. The highest BCUT2D eigenvalue weighted by molar-refractivity contribution is 6.74. The summed E-state index contributed by atoms with van der Waals surface area (Å²) in [6.45, 7) is 11.3. The van der Waals surface area contributed by atoms with Gasteiger partial charge in [-0.2, -0.15) is 0 Å². The number of rotatable bonds is 5. The Balaban J connectivity index is 1.71. The van der Waals surface area contributed by atoms with E-state index in [4.69, 9.17) is 9.16 Å². The van der Waals surface area contributed by atoms with Crippen LogP contribution in [0.3, 0.4) is 0 Å². The van der Waals surface area contributed by atoms with E-state index in [1.54, 1.807) is 7.11 Å². The van der Waals surface area contributed by atoms with Crippen LogP contribution in [0.15, 0.2) is 103 Å². The predicted octanol–water partition coefficient (Wildman–Crippen LogP) is 9.16. The number of hydrogen-bond donors (Lipinski definition) is 1. The average molecular weight is 545 g/mol. The number of methoxy groups -OCH3 is 1. The predicted molar refractivity (Wildman–Crippen MR) is 168 cm³/mol. The van der Waals surface area contributed by atoms with Crippen molar-refractivity contribution in [3.63, 3.8) is 0 Å². The Hall–Kier alpha value is -3.86. The Morgan fingerprint density at radius 2 is 1.27 bits per heavy atom. The standard InChI is InChI=1S/C36H36O3Si/c1-35(2,3)40(5,6)39-33-23-32-34(27-21-20-25(38-4)22-29(27)33)28-17-11-13-19-31(28)36(32,37)30-18-12-10-16-26(30)24-14-8-7-9-15-24/h7-23,37H,1-6H3. The number of aliphatic hydroxyl groups is 1. The van der Waals surface area contributed by atoms with Crippen LogP contribution >= 0.6 is 0 Å². The molecule has 0 aromatic heterocycles. The minimum Gasteiger partial charge on any atom is -0.543 e. The molecule has 0 spiro atoms. The molecule has 0 saturated heterocycles. The molecule has 40 heavy (non-hydrogen) atoms. The van der Waals surface area contributed by atoms with Gasteiger partial charge in [0, 0.05) is 22.1 Å². The Labute approximate surface area is 238 Å². The smallest absolute Gasteiger partial charge is 0.250 e. The zero-order valence-electron chi connectivity index (χ0n) is 24.1. The van der Waals surface area contributed by atoms with Gasteiger partial charge in [-0.05, 0) is 70.0 Å². The second kappa shape index (κ2) is 9.36. The van der Waals surface area contributed by atoms with E-state index in [0.717, 1.165) is 61.2 Å². The first-order valence-corrected chi connectivity index (χ1v) is 16.8. The van der Waals surface area contributed by atoms with Gasteiger partial charge in [-0.15, -0.1) is 0 Å². The molecule has 6 rings (SSSR count).